The van der Waals surface area contributed by atoms with Crippen molar-refractivity contribution in [3.8, 4) is 0 Å². The molecule has 242 valence electrons. The first-order chi connectivity index (χ1) is 16.6. The molecule has 40 heavy (non-hydrogen) atoms. The van der Waals surface area contributed by atoms with Crippen LogP contribution in [-0.4, -0.2) is 126 Å². The van der Waals surface area contributed by atoms with Crippen molar-refractivity contribution in [2.24, 2.45) is 0 Å². The maximum atomic E-state index is 9.63. The maximum absolute atomic E-state index is 9.63. The van der Waals surface area contributed by atoms with Gasteiger partial charge in [0, 0.05) is 0 Å². The van der Waals surface area contributed by atoms with Crippen molar-refractivity contribution in [1.82, 2.24) is 0 Å². The summed E-state index contributed by atoms with van der Waals surface area (Å²) in [5, 5.41) is 53.8. The standard InChI is InChI=1S/C6H12O6.Na.3H4O7P2.H/c7-1-2(8)4(10)6(12)5(11)3(1)9;;3*1-8(2,3)7-9(4,5)6;/h1-12H;;3*(H2,1,2,3)(H2,4,5,6);/q;+1;;;;-1. The molecule has 0 aromatic carbocycles. The molecule has 18 N–H and O–H groups in total. The molecule has 0 aliphatic heterocycles. The summed E-state index contributed by atoms with van der Waals surface area (Å²) in [6.07, 6.45) is -9.84. The van der Waals surface area contributed by atoms with Crippen molar-refractivity contribution in [2.45, 2.75) is 36.6 Å². The van der Waals surface area contributed by atoms with Gasteiger partial charge in [-0.05, 0) is 0 Å². The number of hydrogen-bond acceptors (Lipinski definition) is 15. The zero-order chi connectivity index (χ0) is 32.6. The molecular formula is C6H25NaO27P6. The van der Waals surface area contributed by atoms with Crippen LogP contribution in [0, 0.1) is 0 Å². The number of aliphatic hydroxyl groups is 6. The van der Waals surface area contributed by atoms with Crippen LogP contribution in [0.3, 0.4) is 0 Å². The molecule has 0 bridgehead atoms. The monoisotopic (exact) mass is 738 g/mol. The molecule has 1 saturated carbocycles. The van der Waals surface area contributed by atoms with Crippen molar-refractivity contribution < 1.29 is 161 Å². The minimum atomic E-state index is -5.05. The Kier molecular flexibility index (Phi) is 22.4. The quantitative estimate of drug-likeness (QED) is 0.0888. The van der Waals surface area contributed by atoms with E-state index in [1.165, 1.54) is 0 Å². The van der Waals surface area contributed by atoms with Gasteiger partial charge in [-0.1, -0.05) is 0 Å². The normalized spacial score (nSPS) is 25.9. The Hall–Kier alpha value is 1.54. The minimum Gasteiger partial charge on any atom is -1.00 e. The van der Waals surface area contributed by atoms with E-state index in [1.54, 1.807) is 0 Å². The van der Waals surface area contributed by atoms with Crippen LogP contribution in [0.5, 0.6) is 0 Å². The molecule has 0 aromatic rings. The van der Waals surface area contributed by atoms with Crippen molar-refractivity contribution in [2.75, 3.05) is 0 Å². The Bertz CT molecular complexity index is 797. The summed E-state index contributed by atoms with van der Waals surface area (Å²) in [5.74, 6) is 0. The smallest absolute Gasteiger partial charge is 1.00 e. The molecule has 1 rings (SSSR count). The molecular weight excluding hydrogens is 713 g/mol. The van der Waals surface area contributed by atoms with E-state index in [-0.39, 0.29) is 31.0 Å². The SMILES string of the molecule is O=P(O)(O)OP(=O)(O)O.O=P(O)(O)OP(=O)(O)O.O=P(O)(O)OP(=O)(O)O.OC1C(O)C(O)C(O)C(O)C1O.[H-].[Na+]. The van der Waals surface area contributed by atoms with Crippen LogP contribution in [0.25, 0.3) is 0 Å². The Morgan fingerprint density at radius 2 is 0.400 bits per heavy atom. The molecule has 1 aliphatic carbocycles. The molecule has 34 heteroatoms. The molecule has 1 fully saturated rings. The minimum absolute atomic E-state index is 0. The molecule has 0 spiro atoms. The van der Waals surface area contributed by atoms with Crippen LogP contribution in [0.4, 0.5) is 0 Å². The van der Waals surface area contributed by atoms with Crippen molar-refractivity contribution in [1.29, 1.82) is 0 Å². The zero-order valence-corrected chi connectivity index (χ0v) is 26.2. The fourth-order valence-electron chi connectivity index (χ4n) is 1.63. The predicted molar refractivity (Wildman–Crippen MR) is 113 cm³/mol. The third-order valence-corrected chi connectivity index (χ3v) is 7.84. The van der Waals surface area contributed by atoms with Crippen LogP contribution in [0.1, 0.15) is 1.43 Å². The molecule has 0 amide bonds. The largest absolute Gasteiger partial charge is 1.00 e. The topological polar surface area (TPSA) is 494 Å². The molecule has 0 saturated heterocycles. The van der Waals surface area contributed by atoms with Gasteiger partial charge in [-0.15, -0.1) is 0 Å². The zero-order valence-electron chi connectivity index (χ0n) is 19.9. The summed E-state index contributed by atoms with van der Waals surface area (Å²) < 4.78 is 66.6. The fourth-order valence-corrected chi connectivity index (χ4v) is 4.95. The van der Waals surface area contributed by atoms with Crippen LogP contribution in [-0.2, 0) is 40.3 Å². The molecule has 27 nitrogen and oxygen atoms in total. The van der Waals surface area contributed by atoms with Crippen molar-refractivity contribution in [3.63, 3.8) is 0 Å². The first-order valence-corrected chi connectivity index (χ1v) is 17.3. The molecule has 0 heterocycles. The summed E-state index contributed by atoms with van der Waals surface area (Å²) in [6.45, 7) is 0. The van der Waals surface area contributed by atoms with Gasteiger partial charge in [0.15, 0.2) is 0 Å². The van der Waals surface area contributed by atoms with Gasteiger partial charge < -0.3 is 90.8 Å². The molecule has 0 aromatic heterocycles. The van der Waals surface area contributed by atoms with Gasteiger partial charge in [0.25, 0.3) is 0 Å². The average molecular weight is 738 g/mol. The Morgan fingerprint density at radius 1 is 0.325 bits per heavy atom. The first-order valence-electron chi connectivity index (χ1n) is 8.14. The number of phosphoric acid groups is 6. The molecule has 0 unspecified atom stereocenters. The second-order valence-corrected chi connectivity index (χ2v) is 14.0. The second-order valence-electron chi connectivity index (χ2n) is 6.13. The third kappa shape index (κ3) is 31.0. The van der Waals surface area contributed by atoms with Crippen LogP contribution in [0.2, 0.25) is 0 Å². The summed E-state index contributed by atoms with van der Waals surface area (Å²) in [7, 11) is -30.3. The van der Waals surface area contributed by atoms with Crippen LogP contribution >= 0.6 is 46.9 Å². The van der Waals surface area contributed by atoms with E-state index in [4.69, 9.17) is 89.4 Å². The van der Waals surface area contributed by atoms with E-state index in [9.17, 15) is 27.4 Å². The van der Waals surface area contributed by atoms with Gasteiger partial charge in [0.05, 0.1) is 0 Å². The third-order valence-electron chi connectivity index (χ3n) is 2.74. The summed E-state index contributed by atoms with van der Waals surface area (Å²) in [4.78, 5) is 93.0. The molecule has 1 aliphatic rings. The summed E-state index contributed by atoms with van der Waals surface area (Å²) in [6, 6.07) is 0. The summed E-state index contributed by atoms with van der Waals surface area (Å²) in [5.41, 5.74) is 0. The number of rotatable bonds is 6. The van der Waals surface area contributed by atoms with Crippen molar-refractivity contribution >= 4 is 46.9 Å². The van der Waals surface area contributed by atoms with E-state index < -0.39 is 83.6 Å². The predicted octanol–water partition coefficient (Wildman–Crippen LogP) is -9.15. The first kappa shape index (κ1) is 48.4. The van der Waals surface area contributed by atoms with Crippen LogP contribution < -0.4 is 29.6 Å². The van der Waals surface area contributed by atoms with E-state index in [2.05, 4.69) is 12.9 Å². The number of aliphatic hydroxyl groups excluding tert-OH is 6. The van der Waals surface area contributed by atoms with Gasteiger partial charge in [-0.25, -0.2) is 27.4 Å². The van der Waals surface area contributed by atoms with Crippen molar-refractivity contribution in [3.05, 3.63) is 0 Å². The van der Waals surface area contributed by atoms with Gasteiger partial charge in [-0.2, -0.15) is 12.9 Å². The van der Waals surface area contributed by atoms with E-state index in [0.717, 1.165) is 0 Å². The number of hydrogen-bond donors (Lipinski definition) is 18. The molecule has 0 radical (unpaired) electrons. The maximum Gasteiger partial charge on any atom is 1.00 e. The Morgan fingerprint density at radius 3 is 0.425 bits per heavy atom. The Balaban J connectivity index is -0.000000140. The average Bonchev–Trinajstić information content (AvgIpc) is 2.55. The fraction of sp³-hybridized carbons (Fsp3) is 1.00. The van der Waals surface area contributed by atoms with E-state index in [1.807, 2.05) is 0 Å². The van der Waals surface area contributed by atoms with Gasteiger partial charge in [0.2, 0.25) is 0 Å². The van der Waals surface area contributed by atoms with Crippen LogP contribution in [0.15, 0.2) is 0 Å². The molecule has 0 atom stereocenters. The van der Waals surface area contributed by atoms with E-state index >= 15 is 0 Å². The van der Waals surface area contributed by atoms with Gasteiger partial charge >= 0.3 is 76.5 Å². The van der Waals surface area contributed by atoms with Gasteiger partial charge in [0.1, 0.15) is 36.6 Å². The Labute approximate surface area is 243 Å². The second kappa shape index (κ2) is 18.5. The van der Waals surface area contributed by atoms with E-state index in [0.29, 0.717) is 0 Å². The summed E-state index contributed by atoms with van der Waals surface area (Å²) >= 11 is 0. The van der Waals surface area contributed by atoms with Gasteiger partial charge in [-0.3, -0.25) is 0 Å².